The van der Waals surface area contributed by atoms with Gasteiger partial charge in [-0.3, -0.25) is 14.3 Å². The molecule has 0 aromatic carbocycles. The molecule has 0 saturated carbocycles. The van der Waals surface area contributed by atoms with Gasteiger partial charge < -0.3 is 11.1 Å². The molecule has 1 unspecified atom stereocenters. The predicted octanol–water partition coefficient (Wildman–Crippen LogP) is 0.525. The number of carbonyl (C=O) groups excluding carboxylic acids is 2. The van der Waals surface area contributed by atoms with Crippen molar-refractivity contribution in [1.29, 1.82) is 0 Å². The molecule has 1 aliphatic heterocycles. The predicted molar refractivity (Wildman–Crippen MR) is 101 cm³/mol. The van der Waals surface area contributed by atoms with Crippen LogP contribution in [0, 0.1) is 13.8 Å². The molecule has 1 fully saturated rings. The van der Waals surface area contributed by atoms with E-state index in [1.54, 1.807) is 10.1 Å². The van der Waals surface area contributed by atoms with Gasteiger partial charge in [-0.05, 0) is 20.3 Å². The first-order chi connectivity index (χ1) is 12.6. The summed E-state index contributed by atoms with van der Waals surface area (Å²) in [5.41, 5.74) is 7.95. The van der Waals surface area contributed by atoms with Crippen molar-refractivity contribution in [2.75, 3.05) is 16.8 Å². The number of aryl methyl sites for hydroxylation is 1. The Morgan fingerprint density at radius 3 is 2.74 bits per heavy atom. The highest BCUT2D eigenvalue weighted by atomic mass is 32.2. The van der Waals surface area contributed by atoms with Crippen LogP contribution in [0.3, 0.4) is 0 Å². The molecule has 2 aromatic rings. The number of thiazole rings is 1. The number of primary amides is 1. The normalized spacial score (nSPS) is 18.5. The van der Waals surface area contributed by atoms with Crippen molar-refractivity contribution in [1.82, 2.24) is 14.8 Å². The average Bonchev–Trinajstić information content (AvgIpc) is 3.21. The SMILES string of the molecule is Cc1nn(C2CCS(=O)(=O)C2)c(C)c1CC(=O)Nc1nc(CC(N)=O)cs1. The van der Waals surface area contributed by atoms with Gasteiger partial charge in [-0.2, -0.15) is 5.10 Å². The number of rotatable bonds is 6. The fourth-order valence-electron chi connectivity index (χ4n) is 3.22. The van der Waals surface area contributed by atoms with Crippen molar-refractivity contribution in [3.05, 3.63) is 28.0 Å². The lowest BCUT2D eigenvalue weighted by atomic mass is 10.1. The second kappa shape index (κ2) is 7.39. The second-order valence-corrected chi connectivity index (χ2v) is 9.75. The molecule has 0 aliphatic carbocycles. The van der Waals surface area contributed by atoms with Crippen LogP contribution in [-0.4, -0.2) is 46.5 Å². The number of hydrogen-bond acceptors (Lipinski definition) is 7. The molecule has 1 saturated heterocycles. The number of nitrogens with two attached hydrogens (primary N) is 1. The fraction of sp³-hybridized carbons (Fsp3) is 0.500. The maximum atomic E-state index is 12.4. The Morgan fingerprint density at radius 1 is 1.37 bits per heavy atom. The summed E-state index contributed by atoms with van der Waals surface area (Å²) in [5, 5.41) is 9.26. The van der Waals surface area contributed by atoms with E-state index in [0.29, 0.717) is 22.9 Å². The van der Waals surface area contributed by atoms with Crippen LogP contribution in [-0.2, 0) is 32.3 Å². The molecule has 2 aromatic heterocycles. The van der Waals surface area contributed by atoms with Crippen LogP contribution in [0.2, 0.25) is 0 Å². The summed E-state index contributed by atoms with van der Waals surface area (Å²) in [6.07, 6.45) is 0.682. The van der Waals surface area contributed by atoms with E-state index in [1.165, 1.54) is 11.3 Å². The Bertz CT molecular complexity index is 993. The van der Waals surface area contributed by atoms with E-state index in [9.17, 15) is 18.0 Å². The first kappa shape index (κ1) is 19.5. The van der Waals surface area contributed by atoms with Crippen LogP contribution < -0.4 is 11.1 Å². The third-order valence-corrected chi connectivity index (χ3v) is 7.08. The minimum Gasteiger partial charge on any atom is -0.369 e. The van der Waals surface area contributed by atoms with Gasteiger partial charge in [-0.25, -0.2) is 13.4 Å². The number of nitrogens with zero attached hydrogens (tertiary/aromatic N) is 3. The molecule has 1 aliphatic rings. The molecule has 0 bridgehead atoms. The number of nitrogens with one attached hydrogen (secondary N) is 1. The van der Waals surface area contributed by atoms with Gasteiger partial charge >= 0.3 is 0 Å². The van der Waals surface area contributed by atoms with E-state index < -0.39 is 15.7 Å². The highest BCUT2D eigenvalue weighted by Crippen LogP contribution is 2.27. The van der Waals surface area contributed by atoms with Crippen LogP contribution >= 0.6 is 11.3 Å². The van der Waals surface area contributed by atoms with Crippen molar-refractivity contribution in [2.24, 2.45) is 5.73 Å². The zero-order chi connectivity index (χ0) is 19.8. The molecule has 0 radical (unpaired) electrons. The van der Waals surface area contributed by atoms with Gasteiger partial charge in [-0.1, -0.05) is 0 Å². The lowest BCUT2D eigenvalue weighted by Crippen LogP contribution is -2.17. The molecule has 9 nitrogen and oxygen atoms in total. The summed E-state index contributed by atoms with van der Waals surface area (Å²) in [4.78, 5) is 27.5. The molecule has 27 heavy (non-hydrogen) atoms. The molecule has 3 N–H and O–H groups in total. The van der Waals surface area contributed by atoms with Crippen molar-refractivity contribution >= 4 is 38.1 Å². The summed E-state index contributed by atoms with van der Waals surface area (Å²) in [6.45, 7) is 3.66. The molecule has 3 heterocycles. The van der Waals surface area contributed by atoms with Crippen LogP contribution in [0.15, 0.2) is 5.38 Å². The molecule has 2 amide bonds. The van der Waals surface area contributed by atoms with Gasteiger partial charge in [0.05, 0.1) is 41.8 Å². The van der Waals surface area contributed by atoms with E-state index in [2.05, 4.69) is 15.4 Å². The Hall–Kier alpha value is -2.27. The van der Waals surface area contributed by atoms with Gasteiger partial charge in [0.2, 0.25) is 11.8 Å². The first-order valence-electron chi connectivity index (χ1n) is 8.42. The van der Waals surface area contributed by atoms with Crippen LogP contribution in [0.5, 0.6) is 0 Å². The highest BCUT2D eigenvalue weighted by Gasteiger charge is 2.31. The third kappa shape index (κ3) is 4.53. The van der Waals surface area contributed by atoms with E-state index >= 15 is 0 Å². The zero-order valence-electron chi connectivity index (χ0n) is 15.1. The number of sulfone groups is 1. The standard InChI is InChI=1S/C16H21N5O4S2/c1-9-13(10(2)21(20-9)12-3-4-27(24,25)8-12)6-15(23)19-16-18-11(7-26-16)5-14(17)22/h7,12H,3-6,8H2,1-2H3,(H2,17,22)(H,18,19,23). The van der Waals surface area contributed by atoms with Crippen LogP contribution in [0.1, 0.15) is 35.1 Å². The van der Waals surface area contributed by atoms with Gasteiger partial charge in [0.25, 0.3) is 0 Å². The van der Waals surface area contributed by atoms with E-state index in [4.69, 9.17) is 5.73 Å². The molecular weight excluding hydrogens is 390 g/mol. The largest absolute Gasteiger partial charge is 0.369 e. The molecule has 11 heteroatoms. The Labute approximate surface area is 160 Å². The average molecular weight is 412 g/mol. The molecule has 3 rings (SSSR count). The van der Waals surface area contributed by atoms with E-state index in [0.717, 1.165) is 11.3 Å². The lowest BCUT2D eigenvalue weighted by molar-refractivity contribution is -0.117. The fourth-order valence-corrected chi connectivity index (χ4v) is 5.64. The zero-order valence-corrected chi connectivity index (χ0v) is 16.7. The minimum absolute atomic E-state index is 0.0294. The monoisotopic (exact) mass is 411 g/mol. The van der Waals surface area contributed by atoms with Gasteiger partial charge in [0.15, 0.2) is 15.0 Å². The second-order valence-electron chi connectivity index (χ2n) is 6.66. The molecular formula is C16H21N5O4S2. The van der Waals surface area contributed by atoms with E-state index in [-0.39, 0.29) is 36.3 Å². The molecule has 146 valence electrons. The quantitative estimate of drug-likeness (QED) is 0.711. The summed E-state index contributed by atoms with van der Waals surface area (Å²) < 4.78 is 25.2. The summed E-state index contributed by atoms with van der Waals surface area (Å²) in [6, 6.07) is -0.180. The van der Waals surface area contributed by atoms with Gasteiger partial charge in [0, 0.05) is 16.6 Å². The Morgan fingerprint density at radius 2 is 2.11 bits per heavy atom. The number of amides is 2. The first-order valence-corrected chi connectivity index (χ1v) is 11.1. The summed E-state index contributed by atoms with van der Waals surface area (Å²) in [7, 11) is -3.01. The number of carbonyl (C=O) groups is 2. The van der Waals surface area contributed by atoms with Crippen LogP contribution in [0.4, 0.5) is 5.13 Å². The molecule has 0 spiro atoms. The smallest absolute Gasteiger partial charge is 0.230 e. The number of anilines is 1. The molecule has 1 atom stereocenters. The highest BCUT2D eigenvalue weighted by molar-refractivity contribution is 7.91. The van der Waals surface area contributed by atoms with Crippen molar-refractivity contribution in [3.63, 3.8) is 0 Å². The third-order valence-electron chi connectivity index (χ3n) is 4.52. The van der Waals surface area contributed by atoms with Crippen molar-refractivity contribution in [3.8, 4) is 0 Å². The number of aromatic nitrogens is 3. The topological polar surface area (TPSA) is 137 Å². The Balaban J connectivity index is 1.69. The van der Waals surface area contributed by atoms with Crippen molar-refractivity contribution < 1.29 is 18.0 Å². The van der Waals surface area contributed by atoms with Crippen molar-refractivity contribution in [2.45, 2.75) is 39.2 Å². The van der Waals surface area contributed by atoms with Gasteiger partial charge in [-0.15, -0.1) is 11.3 Å². The Kier molecular flexibility index (Phi) is 5.33. The maximum absolute atomic E-state index is 12.4. The minimum atomic E-state index is -3.01. The maximum Gasteiger partial charge on any atom is 0.230 e. The van der Waals surface area contributed by atoms with Crippen LogP contribution in [0.25, 0.3) is 0 Å². The number of hydrogen-bond donors (Lipinski definition) is 2. The lowest BCUT2D eigenvalue weighted by Gasteiger charge is -2.11. The summed E-state index contributed by atoms with van der Waals surface area (Å²) >= 11 is 1.23. The summed E-state index contributed by atoms with van der Waals surface area (Å²) in [5.74, 6) is -0.475. The van der Waals surface area contributed by atoms with Gasteiger partial charge in [0.1, 0.15) is 0 Å². The van der Waals surface area contributed by atoms with E-state index in [1.807, 2.05) is 13.8 Å².